The van der Waals surface area contributed by atoms with E-state index in [4.69, 9.17) is 10.5 Å². The Morgan fingerprint density at radius 2 is 1.03 bits per heavy atom. The van der Waals surface area contributed by atoms with Gasteiger partial charge in [-0.25, -0.2) is 0 Å². The predicted molar refractivity (Wildman–Crippen MR) is 152 cm³/mol. The fourth-order valence-corrected chi connectivity index (χ4v) is 5.58. The summed E-state index contributed by atoms with van der Waals surface area (Å²) in [4.78, 5) is 27.1. The van der Waals surface area contributed by atoms with Crippen molar-refractivity contribution in [3.05, 3.63) is 69.8 Å². The normalized spacial score (nSPS) is 14.7. The Balaban J connectivity index is 1.82. The van der Waals surface area contributed by atoms with Crippen LogP contribution in [0.25, 0.3) is 0 Å². The van der Waals surface area contributed by atoms with Crippen LogP contribution in [-0.4, -0.2) is 11.6 Å². The number of ketones is 2. The maximum absolute atomic E-state index is 13.7. The fraction of sp³-hybridized carbons (Fsp3) is 0.529. The van der Waals surface area contributed by atoms with Crippen LogP contribution in [0, 0.1) is 34.5 Å². The molecule has 2 aromatic rings. The second-order valence-electron chi connectivity index (χ2n) is 12.7. The number of hydrogen-bond donors (Lipinski definition) is 0. The molecule has 0 amide bonds. The lowest BCUT2D eigenvalue weighted by atomic mass is 9.74. The standard InChI is InChI=1S/C34H42N2O2/c1-23(15-19-35)9-7-17-33(3,4)25-11-13-27-29(21-25)32(38)30-22-26(12-14-28(30)31(27)37)34(5,6)18-8-10-24(2)16-20-36/h11-14,21-24H,7-10,15-18H2,1-6H3. The minimum absolute atomic E-state index is 0.0739. The molecule has 3 rings (SSSR count). The van der Waals surface area contributed by atoms with Crippen molar-refractivity contribution in [1.82, 2.24) is 0 Å². The van der Waals surface area contributed by atoms with Gasteiger partial charge in [0.2, 0.25) is 0 Å². The molecule has 1 aliphatic rings. The van der Waals surface area contributed by atoms with E-state index in [1.54, 1.807) is 0 Å². The topological polar surface area (TPSA) is 81.7 Å². The Morgan fingerprint density at radius 3 is 1.39 bits per heavy atom. The molecule has 2 aromatic carbocycles. The molecule has 0 N–H and O–H groups in total. The van der Waals surface area contributed by atoms with Gasteiger partial charge in [0.1, 0.15) is 0 Å². The maximum Gasteiger partial charge on any atom is 0.194 e. The van der Waals surface area contributed by atoms with Gasteiger partial charge in [0, 0.05) is 35.1 Å². The van der Waals surface area contributed by atoms with Crippen LogP contribution in [0.2, 0.25) is 0 Å². The van der Waals surface area contributed by atoms with Gasteiger partial charge in [0.05, 0.1) is 12.1 Å². The van der Waals surface area contributed by atoms with E-state index >= 15 is 0 Å². The highest BCUT2D eigenvalue weighted by Crippen LogP contribution is 2.37. The fourth-order valence-electron chi connectivity index (χ4n) is 5.58. The van der Waals surface area contributed by atoms with Crippen LogP contribution in [0.4, 0.5) is 0 Å². The van der Waals surface area contributed by atoms with Gasteiger partial charge < -0.3 is 0 Å². The number of nitriles is 2. The molecule has 0 saturated carbocycles. The highest BCUT2D eigenvalue weighted by Gasteiger charge is 2.33. The van der Waals surface area contributed by atoms with Gasteiger partial charge in [-0.05, 0) is 83.7 Å². The molecular weight excluding hydrogens is 468 g/mol. The number of carbonyl (C=O) groups is 2. The van der Waals surface area contributed by atoms with Crippen molar-refractivity contribution in [1.29, 1.82) is 10.5 Å². The molecule has 0 aliphatic heterocycles. The van der Waals surface area contributed by atoms with Crippen LogP contribution >= 0.6 is 0 Å². The summed E-state index contributed by atoms with van der Waals surface area (Å²) in [6.07, 6.45) is 7.08. The van der Waals surface area contributed by atoms with Crippen LogP contribution in [0.15, 0.2) is 36.4 Å². The zero-order valence-corrected chi connectivity index (χ0v) is 24.0. The Labute approximate surface area is 229 Å². The molecule has 4 nitrogen and oxygen atoms in total. The van der Waals surface area contributed by atoms with Gasteiger partial charge in [-0.15, -0.1) is 0 Å². The summed E-state index contributed by atoms with van der Waals surface area (Å²) in [5.41, 5.74) is 3.84. The SMILES string of the molecule is CC(CC#N)CCCC(C)(C)c1ccc2c(c1)C(=O)c1cc(C(C)(C)CCCC(C)CC#N)ccc1C2=O. The lowest BCUT2D eigenvalue weighted by Gasteiger charge is -2.29. The smallest absolute Gasteiger partial charge is 0.194 e. The molecule has 200 valence electrons. The van der Waals surface area contributed by atoms with Gasteiger partial charge in [0.25, 0.3) is 0 Å². The van der Waals surface area contributed by atoms with E-state index < -0.39 is 0 Å². The molecule has 0 aromatic heterocycles. The Hall–Kier alpha value is -3.24. The first-order valence-corrected chi connectivity index (χ1v) is 14.0. The van der Waals surface area contributed by atoms with Crippen molar-refractivity contribution in [2.24, 2.45) is 11.8 Å². The van der Waals surface area contributed by atoms with Crippen LogP contribution in [0.1, 0.15) is 136 Å². The van der Waals surface area contributed by atoms with E-state index in [1.165, 1.54) is 0 Å². The van der Waals surface area contributed by atoms with Crippen molar-refractivity contribution >= 4 is 11.6 Å². The molecule has 0 radical (unpaired) electrons. The van der Waals surface area contributed by atoms with Crippen molar-refractivity contribution in [3.8, 4) is 12.1 Å². The maximum atomic E-state index is 13.7. The van der Waals surface area contributed by atoms with Crippen LogP contribution in [0.5, 0.6) is 0 Å². The van der Waals surface area contributed by atoms with Gasteiger partial charge in [-0.1, -0.05) is 66.5 Å². The predicted octanol–water partition coefficient (Wildman–Crippen LogP) is 8.46. The average molecular weight is 511 g/mol. The second-order valence-corrected chi connectivity index (χ2v) is 12.7. The second kappa shape index (κ2) is 12.1. The molecule has 4 heteroatoms. The van der Waals surface area contributed by atoms with Gasteiger partial charge in [-0.3, -0.25) is 9.59 Å². The molecule has 2 atom stereocenters. The third-order valence-electron chi connectivity index (χ3n) is 8.46. The summed E-state index contributed by atoms with van der Waals surface area (Å²) in [6.45, 7) is 13.0. The summed E-state index contributed by atoms with van der Waals surface area (Å²) in [5, 5.41) is 17.8. The van der Waals surface area contributed by atoms with Crippen molar-refractivity contribution < 1.29 is 9.59 Å². The molecule has 0 saturated heterocycles. The van der Waals surface area contributed by atoms with E-state index in [0.717, 1.165) is 49.7 Å². The first-order valence-electron chi connectivity index (χ1n) is 14.0. The van der Waals surface area contributed by atoms with Crippen LogP contribution in [-0.2, 0) is 10.8 Å². The summed E-state index contributed by atoms with van der Waals surface area (Å²) >= 11 is 0. The van der Waals surface area contributed by atoms with Gasteiger partial charge in [-0.2, -0.15) is 10.5 Å². The lowest BCUT2D eigenvalue weighted by molar-refractivity contribution is 0.0978. The Kier molecular flexibility index (Phi) is 9.32. The van der Waals surface area contributed by atoms with E-state index in [2.05, 4.69) is 53.7 Å². The third kappa shape index (κ3) is 6.60. The third-order valence-corrected chi connectivity index (χ3v) is 8.46. The van der Waals surface area contributed by atoms with Crippen LogP contribution < -0.4 is 0 Å². The Bertz CT molecular complexity index is 1180. The number of rotatable bonds is 12. The quantitative estimate of drug-likeness (QED) is 0.245. The number of hydrogen-bond acceptors (Lipinski definition) is 4. The van der Waals surface area contributed by atoms with E-state index in [0.29, 0.717) is 46.9 Å². The van der Waals surface area contributed by atoms with E-state index in [1.807, 2.05) is 36.4 Å². The molecule has 38 heavy (non-hydrogen) atoms. The summed E-state index contributed by atoms with van der Waals surface area (Å²) in [5.74, 6) is 0.609. The molecule has 0 fully saturated rings. The molecule has 0 bridgehead atoms. The monoisotopic (exact) mass is 510 g/mol. The number of carbonyl (C=O) groups excluding carboxylic acids is 2. The Morgan fingerprint density at radius 1 is 0.658 bits per heavy atom. The summed E-state index contributed by atoms with van der Waals surface area (Å²) < 4.78 is 0. The highest BCUT2D eigenvalue weighted by molar-refractivity contribution is 6.28. The minimum Gasteiger partial charge on any atom is -0.289 e. The highest BCUT2D eigenvalue weighted by atomic mass is 16.1. The van der Waals surface area contributed by atoms with Crippen molar-refractivity contribution in [2.75, 3.05) is 0 Å². The van der Waals surface area contributed by atoms with E-state index in [-0.39, 0.29) is 22.4 Å². The van der Waals surface area contributed by atoms with Crippen molar-refractivity contribution in [3.63, 3.8) is 0 Å². The van der Waals surface area contributed by atoms with Gasteiger partial charge in [0.15, 0.2) is 11.6 Å². The number of fused-ring (bicyclic) bond motifs is 2. The van der Waals surface area contributed by atoms with Crippen molar-refractivity contribution in [2.45, 2.75) is 104 Å². The number of nitrogens with zero attached hydrogens (tertiary/aromatic N) is 2. The summed E-state index contributed by atoms with van der Waals surface area (Å²) in [7, 11) is 0. The van der Waals surface area contributed by atoms with E-state index in [9.17, 15) is 9.59 Å². The summed E-state index contributed by atoms with van der Waals surface area (Å²) in [6, 6.07) is 16.0. The zero-order valence-electron chi connectivity index (χ0n) is 24.0. The number of benzene rings is 2. The first kappa shape index (κ1) is 29.3. The minimum atomic E-state index is -0.141. The molecule has 0 spiro atoms. The van der Waals surface area contributed by atoms with Crippen LogP contribution in [0.3, 0.4) is 0 Å². The largest absolute Gasteiger partial charge is 0.289 e. The zero-order chi connectivity index (χ0) is 28.1. The molecular formula is C34H42N2O2. The average Bonchev–Trinajstić information content (AvgIpc) is 2.86. The molecule has 2 unspecified atom stereocenters. The first-order chi connectivity index (χ1) is 17.9. The molecule has 1 aliphatic carbocycles. The molecule has 0 heterocycles. The lowest BCUT2D eigenvalue weighted by Crippen LogP contribution is -2.25. The van der Waals surface area contributed by atoms with Gasteiger partial charge >= 0.3 is 0 Å².